The van der Waals surface area contributed by atoms with E-state index in [2.05, 4.69) is 0 Å². The molecule has 0 saturated heterocycles. The molecule has 0 aliphatic rings. The number of furan rings is 1. The Bertz CT molecular complexity index is 389. The molecule has 0 spiro atoms. The van der Waals surface area contributed by atoms with Crippen LogP contribution in [0.15, 0.2) is 16.5 Å². The topological polar surface area (TPSA) is 42.4 Å². The van der Waals surface area contributed by atoms with Crippen LogP contribution in [0.4, 0.5) is 13.2 Å². The van der Waals surface area contributed by atoms with E-state index in [-0.39, 0.29) is 6.54 Å². The molecule has 0 aliphatic heterocycles. The van der Waals surface area contributed by atoms with Gasteiger partial charge in [-0.1, -0.05) is 13.8 Å². The summed E-state index contributed by atoms with van der Waals surface area (Å²) in [6, 6.07) is 2.50. The lowest BCUT2D eigenvalue weighted by molar-refractivity contribution is -0.152. The number of aryl methyl sites for hydroxylation is 1. The average Bonchev–Trinajstić information content (AvgIpc) is 2.72. The molecule has 1 rings (SSSR count). The summed E-state index contributed by atoms with van der Waals surface area (Å²) in [6.45, 7) is 4.59. The summed E-state index contributed by atoms with van der Waals surface area (Å²) in [5.41, 5.74) is 5.98. The number of halogens is 3. The first-order valence-corrected chi connectivity index (χ1v) is 6.41. The van der Waals surface area contributed by atoms with E-state index in [1.165, 1.54) is 4.90 Å². The zero-order valence-corrected chi connectivity index (χ0v) is 11.5. The van der Waals surface area contributed by atoms with E-state index < -0.39 is 24.8 Å². The van der Waals surface area contributed by atoms with Gasteiger partial charge in [0, 0.05) is 6.04 Å². The van der Waals surface area contributed by atoms with Gasteiger partial charge in [0.25, 0.3) is 0 Å². The molecule has 2 unspecified atom stereocenters. The Labute approximate surface area is 111 Å². The molecular formula is C13H21F3N2O. The normalized spacial score (nSPS) is 15.8. The molecule has 2 N–H and O–H groups in total. The number of hydrogen-bond acceptors (Lipinski definition) is 3. The van der Waals surface area contributed by atoms with Gasteiger partial charge in [-0.25, -0.2) is 0 Å². The molecule has 0 aliphatic carbocycles. The molecule has 0 aromatic carbocycles. The van der Waals surface area contributed by atoms with Crippen molar-refractivity contribution >= 4 is 0 Å². The molecular weight excluding hydrogens is 257 g/mol. The highest BCUT2D eigenvalue weighted by Crippen LogP contribution is 2.29. The highest BCUT2D eigenvalue weighted by molar-refractivity contribution is 5.12. The number of nitrogens with two attached hydrogens (primary N) is 1. The summed E-state index contributed by atoms with van der Waals surface area (Å²) in [5, 5.41) is 0. The van der Waals surface area contributed by atoms with E-state index in [0.717, 1.165) is 0 Å². The maximum Gasteiger partial charge on any atom is 0.401 e. The highest BCUT2D eigenvalue weighted by atomic mass is 19.4. The predicted molar refractivity (Wildman–Crippen MR) is 67.8 cm³/mol. The summed E-state index contributed by atoms with van der Waals surface area (Å²) in [4.78, 5) is 1.31. The molecule has 3 nitrogen and oxygen atoms in total. The van der Waals surface area contributed by atoms with Gasteiger partial charge in [0.15, 0.2) is 0 Å². The fourth-order valence-corrected chi connectivity index (χ4v) is 2.13. The smallest absolute Gasteiger partial charge is 0.401 e. The Morgan fingerprint density at radius 2 is 1.95 bits per heavy atom. The lowest BCUT2D eigenvalue weighted by atomic mass is 10.0. The minimum Gasteiger partial charge on any atom is -0.465 e. The SMILES string of the molecule is CCC(N)C(c1ccc(C)o1)N(CC)CC(F)(F)F. The van der Waals surface area contributed by atoms with Crippen molar-refractivity contribution in [3.8, 4) is 0 Å². The molecule has 6 heteroatoms. The van der Waals surface area contributed by atoms with Gasteiger partial charge in [0.1, 0.15) is 11.5 Å². The zero-order chi connectivity index (χ0) is 14.6. The third-order valence-corrected chi connectivity index (χ3v) is 3.11. The lowest BCUT2D eigenvalue weighted by Crippen LogP contribution is -2.44. The average molecular weight is 278 g/mol. The zero-order valence-electron chi connectivity index (χ0n) is 11.5. The Hall–Kier alpha value is -1.01. The van der Waals surface area contributed by atoms with Crippen LogP contribution in [0.5, 0.6) is 0 Å². The molecule has 0 bridgehead atoms. The largest absolute Gasteiger partial charge is 0.465 e. The summed E-state index contributed by atoms with van der Waals surface area (Å²) in [5.74, 6) is 1.17. The molecule has 1 heterocycles. The molecule has 1 aromatic heterocycles. The number of hydrogen-bond donors (Lipinski definition) is 1. The summed E-state index contributed by atoms with van der Waals surface area (Å²) >= 11 is 0. The molecule has 2 atom stereocenters. The van der Waals surface area contributed by atoms with Gasteiger partial charge in [-0.2, -0.15) is 13.2 Å². The highest BCUT2D eigenvalue weighted by Gasteiger charge is 2.36. The monoisotopic (exact) mass is 278 g/mol. The van der Waals surface area contributed by atoms with E-state index in [9.17, 15) is 13.2 Å². The maximum atomic E-state index is 12.6. The van der Waals surface area contributed by atoms with E-state index in [0.29, 0.717) is 17.9 Å². The standard InChI is InChI=1S/C13H21F3N2O/c1-4-10(17)12(11-7-6-9(3)19-11)18(5-2)8-13(14,15)16/h6-7,10,12H,4-5,8,17H2,1-3H3. The minimum atomic E-state index is -4.25. The van der Waals surface area contributed by atoms with Gasteiger partial charge in [-0.3, -0.25) is 4.90 Å². The molecule has 0 fully saturated rings. The van der Waals surface area contributed by atoms with Crippen molar-refractivity contribution in [3.63, 3.8) is 0 Å². The predicted octanol–water partition coefficient (Wildman–Crippen LogP) is 3.25. The Morgan fingerprint density at radius 3 is 2.32 bits per heavy atom. The van der Waals surface area contributed by atoms with Crippen LogP contribution in [0.2, 0.25) is 0 Å². The summed E-state index contributed by atoms with van der Waals surface area (Å²) in [6.07, 6.45) is -3.66. The van der Waals surface area contributed by atoms with Crippen LogP contribution in [0, 0.1) is 6.92 Å². The minimum absolute atomic E-state index is 0.262. The van der Waals surface area contributed by atoms with E-state index in [1.54, 1.807) is 26.0 Å². The second-order valence-corrected chi connectivity index (χ2v) is 4.64. The number of likely N-dealkylation sites (N-methyl/N-ethyl adjacent to an activating group) is 1. The molecule has 110 valence electrons. The van der Waals surface area contributed by atoms with Gasteiger partial charge in [0.2, 0.25) is 0 Å². The summed E-state index contributed by atoms with van der Waals surface area (Å²) < 4.78 is 43.4. The molecule has 1 aromatic rings. The van der Waals surface area contributed by atoms with Crippen molar-refractivity contribution in [2.45, 2.75) is 45.5 Å². The summed E-state index contributed by atoms with van der Waals surface area (Å²) in [7, 11) is 0. The molecule has 0 amide bonds. The maximum absolute atomic E-state index is 12.6. The van der Waals surface area contributed by atoms with Gasteiger partial charge < -0.3 is 10.2 Å². The molecule has 0 saturated carbocycles. The van der Waals surface area contributed by atoms with Crippen LogP contribution in [0.25, 0.3) is 0 Å². The second kappa shape index (κ2) is 6.43. The van der Waals surface area contributed by atoms with Gasteiger partial charge in [0.05, 0.1) is 12.6 Å². The Balaban J connectivity index is 3.01. The fourth-order valence-electron chi connectivity index (χ4n) is 2.13. The first-order chi connectivity index (χ1) is 8.78. The number of nitrogens with zero attached hydrogens (tertiary/aromatic N) is 1. The van der Waals surface area contributed by atoms with Gasteiger partial charge in [-0.05, 0) is 32.0 Å². The van der Waals surface area contributed by atoms with Crippen LogP contribution in [0.1, 0.15) is 37.8 Å². The Kier molecular flexibility index (Phi) is 5.43. The van der Waals surface area contributed by atoms with Crippen molar-refractivity contribution in [2.75, 3.05) is 13.1 Å². The van der Waals surface area contributed by atoms with E-state index in [1.807, 2.05) is 6.92 Å². The van der Waals surface area contributed by atoms with Crippen LogP contribution in [-0.4, -0.2) is 30.2 Å². The quantitative estimate of drug-likeness (QED) is 0.868. The van der Waals surface area contributed by atoms with Crippen molar-refractivity contribution in [1.82, 2.24) is 4.90 Å². The number of alkyl halides is 3. The first kappa shape index (κ1) is 16.0. The molecule has 19 heavy (non-hydrogen) atoms. The first-order valence-electron chi connectivity index (χ1n) is 6.41. The van der Waals surface area contributed by atoms with E-state index in [4.69, 9.17) is 10.2 Å². The third kappa shape index (κ3) is 4.54. The number of rotatable bonds is 6. The van der Waals surface area contributed by atoms with Gasteiger partial charge in [-0.15, -0.1) is 0 Å². The van der Waals surface area contributed by atoms with Crippen molar-refractivity contribution in [1.29, 1.82) is 0 Å². The van der Waals surface area contributed by atoms with Crippen LogP contribution in [-0.2, 0) is 0 Å². The van der Waals surface area contributed by atoms with E-state index >= 15 is 0 Å². The fraction of sp³-hybridized carbons (Fsp3) is 0.692. The van der Waals surface area contributed by atoms with Crippen LogP contribution >= 0.6 is 0 Å². The lowest BCUT2D eigenvalue weighted by Gasteiger charge is -2.33. The van der Waals surface area contributed by atoms with Gasteiger partial charge >= 0.3 is 6.18 Å². The van der Waals surface area contributed by atoms with Crippen molar-refractivity contribution in [3.05, 3.63) is 23.7 Å². The van der Waals surface area contributed by atoms with Crippen molar-refractivity contribution in [2.24, 2.45) is 5.73 Å². The Morgan fingerprint density at radius 1 is 1.32 bits per heavy atom. The van der Waals surface area contributed by atoms with Crippen LogP contribution in [0.3, 0.4) is 0 Å². The third-order valence-electron chi connectivity index (χ3n) is 3.11. The molecule has 0 radical (unpaired) electrons. The van der Waals surface area contributed by atoms with Crippen LogP contribution < -0.4 is 5.73 Å². The van der Waals surface area contributed by atoms with Crippen molar-refractivity contribution < 1.29 is 17.6 Å². The second-order valence-electron chi connectivity index (χ2n) is 4.64.